The number of ether oxygens (including phenoxy) is 1. The number of alkyl halides is 3. The highest BCUT2D eigenvalue weighted by Gasteiger charge is 2.21. The third-order valence-corrected chi connectivity index (χ3v) is 5.26. The Morgan fingerprint density at radius 2 is 1.36 bits per heavy atom. The zero-order valence-electron chi connectivity index (χ0n) is 18.8. The molecule has 33 heavy (non-hydrogen) atoms. The van der Waals surface area contributed by atoms with E-state index in [1.54, 1.807) is 12.1 Å². The van der Waals surface area contributed by atoms with Gasteiger partial charge in [-0.05, 0) is 47.7 Å². The molecule has 0 saturated carbocycles. The Labute approximate surface area is 193 Å². The van der Waals surface area contributed by atoms with Crippen molar-refractivity contribution in [3.05, 3.63) is 78.6 Å². The fourth-order valence-electron chi connectivity index (χ4n) is 3.45. The van der Waals surface area contributed by atoms with Crippen LogP contribution in [0.25, 0.3) is 22.5 Å². The first-order valence-electron chi connectivity index (χ1n) is 11.3. The number of hydrogen-bond acceptors (Lipinski definition) is 3. The number of halogens is 3. The van der Waals surface area contributed by atoms with Crippen molar-refractivity contribution in [2.45, 2.75) is 51.6 Å². The van der Waals surface area contributed by atoms with E-state index in [-0.39, 0.29) is 12.7 Å². The van der Waals surface area contributed by atoms with Gasteiger partial charge in [-0.2, -0.15) is 13.2 Å². The van der Waals surface area contributed by atoms with E-state index >= 15 is 0 Å². The molecule has 3 aromatic rings. The molecule has 0 aliphatic heterocycles. The van der Waals surface area contributed by atoms with Gasteiger partial charge < -0.3 is 4.74 Å². The van der Waals surface area contributed by atoms with Crippen LogP contribution >= 0.6 is 0 Å². The van der Waals surface area contributed by atoms with Crippen molar-refractivity contribution in [3.8, 4) is 28.3 Å². The van der Waals surface area contributed by atoms with Crippen molar-refractivity contribution >= 4 is 0 Å². The van der Waals surface area contributed by atoms with Crippen molar-refractivity contribution in [2.75, 3.05) is 6.61 Å². The summed E-state index contributed by atoms with van der Waals surface area (Å²) >= 11 is 0. The van der Waals surface area contributed by atoms with Gasteiger partial charge >= 0.3 is 6.18 Å². The molecule has 0 aliphatic carbocycles. The first-order chi connectivity index (χ1) is 15.9. The van der Waals surface area contributed by atoms with Crippen LogP contribution in [-0.4, -0.2) is 22.8 Å². The Morgan fingerprint density at radius 3 is 1.97 bits per heavy atom. The maximum absolute atomic E-state index is 12.1. The van der Waals surface area contributed by atoms with Crippen LogP contribution in [0.1, 0.15) is 44.6 Å². The lowest BCUT2D eigenvalue weighted by Gasteiger charge is -2.07. The standard InChI is InChI=1S/C27H29F3N2O/c1-2-3-4-5-6-8-21-19-31-26(32-20-21)24-11-9-22(10-12-24)23-13-15-25(16-14-23)33-18-7-17-27(28,29)30/h7,9-17,19-20H,2-6,8,18H2,1H3/b17-7+. The van der Waals surface area contributed by atoms with Gasteiger partial charge in [-0.1, -0.05) is 69.0 Å². The van der Waals surface area contributed by atoms with E-state index < -0.39 is 6.18 Å². The molecule has 0 amide bonds. The largest absolute Gasteiger partial charge is 0.490 e. The van der Waals surface area contributed by atoms with Gasteiger partial charge in [0.2, 0.25) is 0 Å². The van der Waals surface area contributed by atoms with Gasteiger partial charge in [0, 0.05) is 24.0 Å². The molecule has 2 aromatic carbocycles. The number of benzene rings is 2. The molecule has 174 valence electrons. The summed E-state index contributed by atoms with van der Waals surface area (Å²) in [4.78, 5) is 9.05. The molecule has 0 radical (unpaired) electrons. The van der Waals surface area contributed by atoms with Gasteiger partial charge in [0.05, 0.1) is 0 Å². The average molecular weight is 455 g/mol. The minimum Gasteiger partial charge on any atom is -0.490 e. The summed E-state index contributed by atoms with van der Waals surface area (Å²) in [6.45, 7) is 2.09. The van der Waals surface area contributed by atoms with Gasteiger partial charge in [0.15, 0.2) is 5.82 Å². The third kappa shape index (κ3) is 8.37. The Bertz CT molecular complexity index is 996. The molecule has 0 aliphatic rings. The topological polar surface area (TPSA) is 35.0 Å². The number of aryl methyl sites for hydroxylation is 1. The maximum atomic E-state index is 12.1. The van der Waals surface area contributed by atoms with Gasteiger partial charge in [-0.15, -0.1) is 0 Å². The highest BCUT2D eigenvalue weighted by atomic mass is 19.4. The van der Waals surface area contributed by atoms with E-state index in [0.717, 1.165) is 29.2 Å². The Balaban J connectivity index is 1.54. The maximum Gasteiger partial charge on any atom is 0.409 e. The number of hydrogen-bond donors (Lipinski definition) is 0. The Kier molecular flexibility index (Phi) is 9.04. The number of allylic oxidation sites excluding steroid dienone is 1. The number of nitrogens with zero attached hydrogens (tertiary/aromatic N) is 2. The van der Waals surface area contributed by atoms with Gasteiger partial charge in [0.25, 0.3) is 0 Å². The fourth-order valence-corrected chi connectivity index (χ4v) is 3.45. The highest BCUT2D eigenvalue weighted by molar-refractivity contribution is 5.68. The van der Waals surface area contributed by atoms with Crippen LogP contribution in [0.2, 0.25) is 0 Å². The smallest absolute Gasteiger partial charge is 0.409 e. The molecule has 3 rings (SSSR count). The average Bonchev–Trinajstić information content (AvgIpc) is 2.82. The van der Waals surface area contributed by atoms with Gasteiger partial charge in [0.1, 0.15) is 12.4 Å². The first-order valence-corrected chi connectivity index (χ1v) is 11.3. The Morgan fingerprint density at radius 1 is 0.788 bits per heavy atom. The van der Waals surface area contributed by atoms with Crippen molar-refractivity contribution in [1.82, 2.24) is 9.97 Å². The van der Waals surface area contributed by atoms with E-state index in [4.69, 9.17) is 4.74 Å². The van der Waals surface area contributed by atoms with E-state index in [0.29, 0.717) is 11.6 Å². The van der Waals surface area contributed by atoms with Crippen molar-refractivity contribution in [1.29, 1.82) is 0 Å². The van der Waals surface area contributed by atoms with E-state index in [1.807, 2.05) is 48.8 Å². The quantitative estimate of drug-likeness (QED) is 0.219. The summed E-state index contributed by atoms with van der Waals surface area (Å²) in [5.41, 5.74) is 4.12. The Hall–Kier alpha value is -3.15. The molecule has 0 fully saturated rings. The molecule has 6 heteroatoms. The van der Waals surface area contributed by atoms with Crippen LogP contribution < -0.4 is 4.74 Å². The molecule has 0 unspecified atom stereocenters. The van der Waals surface area contributed by atoms with E-state index in [2.05, 4.69) is 16.9 Å². The molecular formula is C27H29F3N2O. The van der Waals surface area contributed by atoms with Crippen LogP contribution in [0.15, 0.2) is 73.1 Å². The summed E-state index contributed by atoms with van der Waals surface area (Å²) in [6.07, 6.45) is 7.92. The van der Waals surface area contributed by atoms with Gasteiger partial charge in [-0.3, -0.25) is 0 Å². The SMILES string of the molecule is CCCCCCCc1cnc(-c2ccc(-c3ccc(OC/C=C/C(F)(F)F)cc3)cc2)nc1. The molecular weight excluding hydrogens is 425 g/mol. The number of rotatable bonds is 11. The van der Waals surface area contributed by atoms with Crippen molar-refractivity contribution in [3.63, 3.8) is 0 Å². The number of unbranched alkanes of at least 4 members (excludes halogenated alkanes) is 4. The second-order valence-electron chi connectivity index (χ2n) is 7.94. The minimum atomic E-state index is -4.32. The summed E-state index contributed by atoms with van der Waals surface area (Å²) in [5, 5.41) is 0. The fraction of sp³-hybridized carbons (Fsp3) is 0.333. The molecule has 0 N–H and O–H groups in total. The summed E-state index contributed by atoms with van der Waals surface area (Å²) in [5.74, 6) is 1.22. The highest BCUT2D eigenvalue weighted by Crippen LogP contribution is 2.25. The minimum absolute atomic E-state index is 0.134. The van der Waals surface area contributed by atoms with Crippen LogP contribution in [0, 0.1) is 0 Å². The predicted molar refractivity (Wildman–Crippen MR) is 126 cm³/mol. The lowest BCUT2D eigenvalue weighted by atomic mass is 10.0. The normalized spacial score (nSPS) is 11.8. The zero-order valence-corrected chi connectivity index (χ0v) is 18.8. The molecule has 0 saturated heterocycles. The molecule has 1 aromatic heterocycles. The van der Waals surface area contributed by atoms with Crippen LogP contribution in [0.4, 0.5) is 13.2 Å². The number of aromatic nitrogens is 2. The first kappa shape index (κ1) is 24.5. The molecule has 0 atom stereocenters. The lowest BCUT2D eigenvalue weighted by molar-refractivity contribution is -0.0801. The van der Waals surface area contributed by atoms with Gasteiger partial charge in [-0.25, -0.2) is 9.97 Å². The molecule has 3 nitrogen and oxygen atoms in total. The zero-order chi connectivity index (χ0) is 23.5. The van der Waals surface area contributed by atoms with Crippen LogP contribution in [-0.2, 0) is 6.42 Å². The predicted octanol–water partition coefficient (Wildman–Crippen LogP) is 7.82. The summed E-state index contributed by atoms with van der Waals surface area (Å²) in [6, 6.07) is 15.2. The lowest BCUT2D eigenvalue weighted by Crippen LogP contribution is -2.02. The van der Waals surface area contributed by atoms with E-state index in [9.17, 15) is 13.2 Å². The van der Waals surface area contributed by atoms with E-state index in [1.165, 1.54) is 37.7 Å². The summed E-state index contributed by atoms with van der Waals surface area (Å²) in [7, 11) is 0. The van der Waals surface area contributed by atoms with Crippen LogP contribution in [0.3, 0.4) is 0 Å². The van der Waals surface area contributed by atoms with Crippen LogP contribution in [0.5, 0.6) is 5.75 Å². The molecule has 0 spiro atoms. The molecule has 0 bridgehead atoms. The van der Waals surface area contributed by atoms with Crippen molar-refractivity contribution < 1.29 is 17.9 Å². The second-order valence-corrected chi connectivity index (χ2v) is 7.94. The van der Waals surface area contributed by atoms with Crippen molar-refractivity contribution in [2.24, 2.45) is 0 Å². The summed E-state index contributed by atoms with van der Waals surface area (Å²) < 4.78 is 41.6. The monoisotopic (exact) mass is 454 g/mol. The molecule has 1 heterocycles. The third-order valence-electron chi connectivity index (χ3n) is 5.26. The second kappa shape index (κ2) is 12.2.